The van der Waals surface area contributed by atoms with Crippen molar-refractivity contribution in [2.45, 2.75) is 31.2 Å². The SMILES string of the molecule is CO/N=C1\C[C@@H](c2noc([C@H]3CCCN(C)C3)n2)N(C(=O)c2ccc(-c3ccccc3)cc2)C1. The molecular weight excluding hydrogens is 430 g/mol. The summed E-state index contributed by atoms with van der Waals surface area (Å²) in [6.45, 7) is 2.36. The van der Waals surface area contributed by atoms with E-state index in [9.17, 15) is 4.79 Å². The molecule has 34 heavy (non-hydrogen) atoms. The molecule has 0 unspecified atom stereocenters. The monoisotopic (exact) mass is 459 g/mol. The summed E-state index contributed by atoms with van der Waals surface area (Å²) in [4.78, 5) is 27.3. The highest BCUT2D eigenvalue weighted by Gasteiger charge is 2.38. The van der Waals surface area contributed by atoms with Crippen molar-refractivity contribution < 1.29 is 14.2 Å². The number of likely N-dealkylation sites (N-methyl/N-ethyl adjacent to an activating group) is 1. The number of benzene rings is 2. The first-order valence-electron chi connectivity index (χ1n) is 11.7. The average Bonchev–Trinajstić information content (AvgIpc) is 3.52. The van der Waals surface area contributed by atoms with Crippen molar-refractivity contribution in [3.05, 3.63) is 71.9 Å². The van der Waals surface area contributed by atoms with Crippen molar-refractivity contribution in [1.82, 2.24) is 19.9 Å². The predicted molar refractivity (Wildman–Crippen MR) is 128 cm³/mol. The van der Waals surface area contributed by atoms with E-state index >= 15 is 0 Å². The highest BCUT2D eigenvalue weighted by Crippen LogP contribution is 2.33. The molecule has 2 fully saturated rings. The van der Waals surface area contributed by atoms with Gasteiger partial charge in [0.05, 0.1) is 18.2 Å². The van der Waals surface area contributed by atoms with Gasteiger partial charge in [0.25, 0.3) is 5.91 Å². The number of carbonyl (C=O) groups is 1. The van der Waals surface area contributed by atoms with Crippen LogP contribution >= 0.6 is 0 Å². The van der Waals surface area contributed by atoms with Crippen molar-refractivity contribution in [3.63, 3.8) is 0 Å². The number of carbonyl (C=O) groups excluding carboxylic acids is 1. The zero-order valence-electron chi connectivity index (χ0n) is 19.6. The molecule has 1 amide bonds. The molecule has 5 rings (SSSR count). The van der Waals surface area contributed by atoms with E-state index in [4.69, 9.17) is 14.3 Å². The molecule has 0 saturated carbocycles. The molecule has 3 aromatic rings. The topological polar surface area (TPSA) is 84.1 Å². The molecule has 3 heterocycles. The van der Waals surface area contributed by atoms with Crippen LogP contribution in [-0.4, -0.2) is 65.4 Å². The van der Waals surface area contributed by atoms with Gasteiger partial charge in [0.1, 0.15) is 13.2 Å². The Morgan fingerprint density at radius 3 is 2.62 bits per heavy atom. The minimum Gasteiger partial charge on any atom is -0.399 e. The maximum Gasteiger partial charge on any atom is 0.254 e. The fourth-order valence-electron chi connectivity index (χ4n) is 4.86. The van der Waals surface area contributed by atoms with Crippen LogP contribution in [0.25, 0.3) is 11.1 Å². The second-order valence-electron chi connectivity index (χ2n) is 9.03. The Balaban J connectivity index is 1.38. The first kappa shape index (κ1) is 22.3. The van der Waals surface area contributed by atoms with Crippen LogP contribution in [0.3, 0.4) is 0 Å². The van der Waals surface area contributed by atoms with Crippen molar-refractivity contribution in [2.75, 3.05) is 33.8 Å². The molecule has 8 nitrogen and oxygen atoms in total. The third-order valence-electron chi connectivity index (χ3n) is 6.61. The van der Waals surface area contributed by atoms with Crippen LogP contribution in [-0.2, 0) is 4.84 Å². The average molecular weight is 460 g/mol. The van der Waals surface area contributed by atoms with Gasteiger partial charge < -0.3 is 19.2 Å². The van der Waals surface area contributed by atoms with Crippen LogP contribution < -0.4 is 0 Å². The highest BCUT2D eigenvalue weighted by molar-refractivity contribution is 6.00. The Labute approximate surface area is 199 Å². The van der Waals surface area contributed by atoms with Gasteiger partial charge in [-0.15, -0.1) is 0 Å². The molecule has 2 aliphatic rings. The van der Waals surface area contributed by atoms with E-state index < -0.39 is 0 Å². The largest absolute Gasteiger partial charge is 0.399 e. The smallest absolute Gasteiger partial charge is 0.254 e. The molecule has 8 heteroatoms. The third-order valence-corrected chi connectivity index (χ3v) is 6.61. The molecular formula is C26H29N5O3. The van der Waals surface area contributed by atoms with Gasteiger partial charge >= 0.3 is 0 Å². The number of likely N-dealkylation sites (tertiary alicyclic amines) is 2. The van der Waals surface area contributed by atoms with E-state index in [1.165, 1.54) is 7.11 Å². The maximum absolute atomic E-state index is 13.5. The Morgan fingerprint density at radius 1 is 1.12 bits per heavy atom. The van der Waals surface area contributed by atoms with Crippen LogP contribution in [0, 0.1) is 0 Å². The van der Waals surface area contributed by atoms with Crippen LogP contribution in [0.2, 0.25) is 0 Å². The molecule has 2 aliphatic heterocycles. The summed E-state index contributed by atoms with van der Waals surface area (Å²) in [6.07, 6.45) is 2.66. The number of hydrogen-bond donors (Lipinski definition) is 0. The van der Waals surface area contributed by atoms with Crippen molar-refractivity contribution in [2.24, 2.45) is 5.16 Å². The number of hydrogen-bond acceptors (Lipinski definition) is 7. The van der Waals surface area contributed by atoms with E-state index in [-0.39, 0.29) is 17.9 Å². The lowest BCUT2D eigenvalue weighted by Crippen LogP contribution is -2.32. The lowest BCUT2D eigenvalue weighted by Gasteiger charge is -2.27. The van der Waals surface area contributed by atoms with Crippen LogP contribution in [0.1, 0.15) is 53.3 Å². The molecule has 1 aromatic heterocycles. The summed E-state index contributed by atoms with van der Waals surface area (Å²) in [5, 5.41) is 8.39. The maximum atomic E-state index is 13.5. The zero-order chi connectivity index (χ0) is 23.5. The molecule has 0 bridgehead atoms. The first-order chi connectivity index (χ1) is 16.6. The standard InChI is InChI=1S/C26H29N5O3/c1-30-14-6-9-21(16-30)25-27-24(29-34-25)23-15-22(28-33-2)17-31(23)26(32)20-12-10-19(11-13-20)18-7-4-3-5-8-18/h3-5,7-8,10-13,21,23H,6,9,14-17H2,1-2H3/b28-22+/t21-,23-/m0/s1. The Bertz CT molecular complexity index is 1160. The van der Waals surface area contributed by atoms with Gasteiger partial charge in [-0.2, -0.15) is 4.98 Å². The van der Waals surface area contributed by atoms with Gasteiger partial charge in [-0.05, 0) is 49.7 Å². The van der Waals surface area contributed by atoms with E-state index in [0.717, 1.165) is 42.8 Å². The Kier molecular flexibility index (Phi) is 6.40. The second-order valence-corrected chi connectivity index (χ2v) is 9.03. The minimum absolute atomic E-state index is 0.0883. The number of piperidine rings is 1. The predicted octanol–water partition coefficient (Wildman–Crippen LogP) is 4.14. The van der Waals surface area contributed by atoms with Crippen molar-refractivity contribution in [1.29, 1.82) is 0 Å². The number of amides is 1. The van der Waals surface area contributed by atoms with Crippen LogP contribution in [0.15, 0.2) is 64.3 Å². The normalized spacial score (nSPS) is 22.3. The Hall–Kier alpha value is -3.52. The number of nitrogens with zero attached hydrogens (tertiary/aromatic N) is 5. The summed E-state index contributed by atoms with van der Waals surface area (Å²) in [5.41, 5.74) is 3.58. The summed E-state index contributed by atoms with van der Waals surface area (Å²) in [5.74, 6) is 1.31. The van der Waals surface area contributed by atoms with Gasteiger partial charge in [-0.25, -0.2) is 0 Å². The molecule has 0 spiro atoms. The fourth-order valence-corrected chi connectivity index (χ4v) is 4.86. The highest BCUT2D eigenvalue weighted by atomic mass is 16.6. The van der Waals surface area contributed by atoms with E-state index in [1.54, 1.807) is 4.90 Å². The van der Waals surface area contributed by atoms with Gasteiger partial charge in [-0.1, -0.05) is 52.8 Å². The summed E-state index contributed by atoms with van der Waals surface area (Å²) >= 11 is 0. The molecule has 0 aliphatic carbocycles. The van der Waals surface area contributed by atoms with Crippen molar-refractivity contribution >= 4 is 11.6 Å². The van der Waals surface area contributed by atoms with E-state index in [1.807, 2.05) is 42.5 Å². The summed E-state index contributed by atoms with van der Waals surface area (Å²) in [7, 11) is 3.62. The lowest BCUT2D eigenvalue weighted by atomic mass is 9.98. The molecule has 0 N–H and O–H groups in total. The van der Waals surface area contributed by atoms with Gasteiger partial charge in [0.2, 0.25) is 5.89 Å². The number of aromatic nitrogens is 2. The van der Waals surface area contributed by atoms with Gasteiger partial charge in [0, 0.05) is 18.5 Å². The Morgan fingerprint density at radius 2 is 1.88 bits per heavy atom. The summed E-state index contributed by atoms with van der Waals surface area (Å²) in [6, 6.07) is 17.5. The van der Waals surface area contributed by atoms with Crippen LogP contribution in [0.4, 0.5) is 0 Å². The number of rotatable bonds is 5. The second kappa shape index (κ2) is 9.77. The summed E-state index contributed by atoms with van der Waals surface area (Å²) < 4.78 is 5.66. The first-order valence-corrected chi connectivity index (χ1v) is 11.7. The molecule has 2 aromatic carbocycles. The minimum atomic E-state index is -0.339. The third kappa shape index (κ3) is 4.59. The van der Waals surface area contributed by atoms with Crippen molar-refractivity contribution in [3.8, 4) is 11.1 Å². The lowest BCUT2D eigenvalue weighted by molar-refractivity contribution is 0.0732. The zero-order valence-corrected chi connectivity index (χ0v) is 19.6. The van der Waals surface area contributed by atoms with E-state index in [2.05, 4.69) is 34.4 Å². The van der Waals surface area contributed by atoms with E-state index in [0.29, 0.717) is 30.2 Å². The fraction of sp³-hybridized carbons (Fsp3) is 0.385. The van der Waals surface area contributed by atoms with Gasteiger partial charge in [-0.3, -0.25) is 4.79 Å². The quantitative estimate of drug-likeness (QED) is 0.534. The van der Waals surface area contributed by atoms with Crippen LogP contribution in [0.5, 0.6) is 0 Å². The van der Waals surface area contributed by atoms with Gasteiger partial charge in [0.15, 0.2) is 5.82 Å². The molecule has 0 radical (unpaired) electrons. The number of oxime groups is 1. The molecule has 2 saturated heterocycles. The molecule has 2 atom stereocenters. The molecule has 176 valence electrons.